The SMILES string of the molecule is O=C(C[C@H]1C(=O)N(c2ccc(Cl)cc2)C(=S)N1Cc1ccccc1)Nc1ccccc1. The molecule has 2 amide bonds. The summed E-state index contributed by atoms with van der Waals surface area (Å²) in [6, 6.07) is 25.1. The van der Waals surface area contributed by atoms with E-state index in [1.807, 2.05) is 53.4 Å². The number of anilines is 2. The predicted molar refractivity (Wildman–Crippen MR) is 127 cm³/mol. The van der Waals surface area contributed by atoms with E-state index in [9.17, 15) is 9.59 Å². The van der Waals surface area contributed by atoms with E-state index in [1.165, 1.54) is 4.90 Å². The molecule has 31 heavy (non-hydrogen) atoms. The van der Waals surface area contributed by atoms with Crippen molar-refractivity contribution in [2.45, 2.75) is 19.0 Å². The molecule has 1 aliphatic heterocycles. The number of halogens is 1. The Balaban J connectivity index is 1.60. The molecule has 0 aliphatic carbocycles. The van der Waals surface area contributed by atoms with Gasteiger partial charge in [-0.25, -0.2) is 0 Å². The van der Waals surface area contributed by atoms with Crippen molar-refractivity contribution >= 4 is 52.1 Å². The van der Waals surface area contributed by atoms with Gasteiger partial charge in [0.1, 0.15) is 6.04 Å². The number of rotatable bonds is 6. The van der Waals surface area contributed by atoms with Gasteiger partial charge in [-0.3, -0.25) is 14.5 Å². The maximum atomic E-state index is 13.4. The fourth-order valence-electron chi connectivity index (χ4n) is 3.53. The van der Waals surface area contributed by atoms with Gasteiger partial charge in [-0.2, -0.15) is 0 Å². The van der Waals surface area contributed by atoms with Crippen LogP contribution in [0.3, 0.4) is 0 Å². The molecule has 0 bridgehead atoms. The molecule has 0 radical (unpaired) electrons. The third kappa shape index (κ3) is 4.76. The number of carbonyl (C=O) groups is 2. The van der Waals surface area contributed by atoms with E-state index in [-0.39, 0.29) is 18.2 Å². The first-order chi connectivity index (χ1) is 15.0. The van der Waals surface area contributed by atoms with Gasteiger partial charge in [-0.1, -0.05) is 60.1 Å². The molecule has 0 aromatic heterocycles. The van der Waals surface area contributed by atoms with Crippen LogP contribution in [-0.4, -0.2) is 27.9 Å². The third-order valence-corrected chi connectivity index (χ3v) is 5.70. The summed E-state index contributed by atoms with van der Waals surface area (Å²) in [4.78, 5) is 29.4. The van der Waals surface area contributed by atoms with E-state index in [4.69, 9.17) is 23.8 Å². The second-order valence-electron chi connectivity index (χ2n) is 7.18. The molecule has 1 fully saturated rings. The number of benzene rings is 3. The van der Waals surface area contributed by atoms with Crippen LogP contribution >= 0.6 is 23.8 Å². The van der Waals surface area contributed by atoms with E-state index >= 15 is 0 Å². The zero-order valence-corrected chi connectivity index (χ0v) is 18.1. The Kier molecular flexibility index (Phi) is 6.30. The Hall–Kier alpha value is -3.22. The lowest BCUT2D eigenvalue weighted by Crippen LogP contribution is -2.37. The minimum atomic E-state index is -0.702. The molecular formula is C24H20ClN3O2S. The Morgan fingerprint density at radius 3 is 2.19 bits per heavy atom. The normalized spacial score (nSPS) is 16.0. The van der Waals surface area contributed by atoms with Gasteiger partial charge in [0.25, 0.3) is 5.91 Å². The number of nitrogens with zero attached hydrogens (tertiary/aromatic N) is 2. The van der Waals surface area contributed by atoms with Crippen molar-refractivity contribution < 1.29 is 9.59 Å². The molecule has 5 nitrogen and oxygen atoms in total. The second-order valence-corrected chi connectivity index (χ2v) is 7.98. The van der Waals surface area contributed by atoms with E-state index in [0.29, 0.717) is 28.1 Å². The van der Waals surface area contributed by atoms with Gasteiger partial charge < -0.3 is 10.2 Å². The van der Waals surface area contributed by atoms with Gasteiger partial charge in [-0.05, 0) is 54.2 Å². The number of carbonyl (C=O) groups excluding carboxylic acids is 2. The molecule has 3 aromatic rings. The largest absolute Gasteiger partial charge is 0.332 e. The fraction of sp³-hybridized carbons (Fsp3) is 0.125. The highest BCUT2D eigenvalue weighted by molar-refractivity contribution is 7.80. The first-order valence-corrected chi connectivity index (χ1v) is 10.6. The first-order valence-electron chi connectivity index (χ1n) is 9.82. The minimum Gasteiger partial charge on any atom is -0.332 e. The molecule has 4 rings (SSSR count). The molecule has 1 saturated heterocycles. The van der Waals surface area contributed by atoms with E-state index in [2.05, 4.69) is 5.32 Å². The standard InChI is InChI=1S/C24H20ClN3O2S/c25-18-11-13-20(14-12-18)28-23(30)21(15-22(29)26-19-9-5-2-6-10-19)27(24(28)31)16-17-7-3-1-4-8-17/h1-14,21H,15-16H2,(H,26,29)/t21-/m0/s1. The van der Waals surface area contributed by atoms with E-state index in [1.54, 1.807) is 36.4 Å². The van der Waals surface area contributed by atoms with Crippen LogP contribution in [0.4, 0.5) is 11.4 Å². The maximum Gasteiger partial charge on any atom is 0.256 e. The number of nitrogens with one attached hydrogen (secondary N) is 1. The van der Waals surface area contributed by atoms with Crippen molar-refractivity contribution in [1.82, 2.24) is 4.90 Å². The molecule has 1 atom stereocenters. The molecule has 1 aliphatic rings. The van der Waals surface area contributed by atoms with Crippen molar-refractivity contribution in [1.29, 1.82) is 0 Å². The van der Waals surface area contributed by atoms with Crippen molar-refractivity contribution in [3.63, 3.8) is 0 Å². The zero-order valence-electron chi connectivity index (χ0n) is 16.6. The quantitative estimate of drug-likeness (QED) is 0.545. The lowest BCUT2D eigenvalue weighted by molar-refractivity contribution is -0.124. The molecule has 0 unspecified atom stereocenters. The lowest BCUT2D eigenvalue weighted by Gasteiger charge is -2.24. The lowest BCUT2D eigenvalue weighted by atomic mass is 10.1. The summed E-state index contributed by atoms with van der Waals surface area (Å²) in [7, 11) is 0. The average molecular weight is 450 g/mol. The second kappa shape index (κ2) is 9.29. The molecular weight excluding hydrogens is 430 g/mol. The van der Waals surface area contributed by atoms with Crippen molar-refractivity contribution in [2.75, 3.05) is 10.2 Å². The highest BCUT2D eigenvalue weighted by atomic mass is 35.5. The molecule has 0 spiro atoms. The van der Waals surface area contributed by atoms with Crippen LogP contribution in [0.1, 0.15) is 12.0 Å². The number of hydrogen-bond donors (Lipinski definition) is 1. The number of para-hydroxylation sites is 1. The summed E-state index contributed by atoms with van der Waals surface area (Å²) in [6.07, 6.45) is -0.00914. The molecule has 1 N–H and O–H groups in total. The van der Waals surface area contributed by atoms with Crippen LogP contribution in [0, 0.1) is 0 Å². The Morgan fingerprint density at radius 2 is 1.55 bits per heavy atom. The number of thiocarbonyl (C=S) groups is 1. The first kappa shape index (κ1) is 21.0. The van der Waals surface area contributed by atoms with E-state index in [0.717, 1.165) is 5.56 Å². The van der Waals surface area contributed by atoms with Crippen LogP contribution in [0.15, 0.2) is 84.9 Å². The van der Waals surface area contributed by atoms with Crippen molar-refractivity contribution in [2.24, 2.45) is 0 Å². The van der Waals surface area contributed by atoms with E-state index < -0.39 is 6.04 Å². The maximum absolute atomic E-state index is 13.4. The topological polar surface area (TPSA) is 52.7 Å². The van der Waals surface area contributed by atoms with Crippen LogP contribution in [-0.2, 0) is 16.1 Å². The van der Waals surface area contributed by atoms with Crippen LogP contribution in [0.25, 0.3) is 0 Å². The third-order valence-electron chi connectivity index (χ3n) is 5.04. The molecule has 156 valence electrons. The summed E-state index contributed by atoms with van der Waals surface area (Å²) in [6.45, 7) is 0.429. The van der Waals surface area contributed by atoms with Gasteiger partial charge >= 0.3 is 0 Å². The predicted octanol–water partition coefficient (Wildman–Crippen LogP) is 4.87. The summed E-state index contributed by atoms with van der Waals surface area (Å²) < 4.78 is 0. The van der Waals surface area contributed by atoms with Crippen molar-refractivity contribution in [3.8, 4) is 0 Å². The number of amides is 2. The Labute approximate surface area is 191 Å². The smallest absolute Gasteiger partial charge is 0.256 e. The summed E-state index contributed by atoms with van der Waals surface area (Å²) in [5, 5.41) is 3.79. The average Bonchev–Trinajstić information content (AvgIpc) is 3.00. The zero-order chi connectivity index (χ0) is 21.8. The summed E-state index contributed by atoms with van der Waals surface area (Å²) >= 11 is 11.7. The van der Waals surface area contributed by atoms with Gasteiger partial charge in [0, 0.05) is 17.3 Å². The summed E-state index contributed by atoms with van der Waals surface area (Å²) in [5.74, 6) is -0.477. The molecule has 3 aromatic carbocycles. The minimum absolute atomic E-state index is 0.00914. The summed E-state index contributed by atoms with van der Waals surface area (Å²) in [5.41, 5.74) is 2.32. The molecule has 7 heteroatoms. The Bertz CT molecular complexity index is 1090. The highest BCUT2D eigenvalue weighted by Gasteiger charge is 2.44. The van der Waals surface area contributed by atoms with Gasteiger partial charge in [0.05, 0.1) is 12.1 Å². The molecule has 1 heterocycles. The van der Waals surface area contributed by atoms with Gasteiger partial charge in [0.15, 0.2) is 5.11 Å². The molecule has 0 saturated carbocycles. The monoisotopic (exact) mass is 449 g/mol. The number of hydrogen-bond acceptors (Lipinski definition) is 3. The van der Waals surface area contributed by atoms with Gasteiger partial charge in [-0.15, -0.1) is 0 Å². The van der Waals surface area contributed by atoms with Crippen LogP contribution in [0.5, 0.6) is 0 Å². The Morgan fingerprint density at radius 1 is 0.935 bits per heavy atom. The van der Waals surface area contributed by atoms with Crippen LogP contribution < -0.4 is 10.2 Å². The van der Waals surface area contributed by atoms with Crippen LogP contribution in [0.2, 0.25) is 5.02 Å². The fourth-order valence-corrected chi connectivity index (χ4v) is 4.04. The highest BCUT2D eigenvalue weighted by Crippen LogP contribution is 2.29. The van der Waals surface area contributed by atoms with Crippen molar-refractivity contribution in [3.05, 3.63) is 95.5 Å². The van der Waals surface area contributed by atoms with Gasteiger partial charge in [0.2, 0.25) is 5.91 Å².